The monoisotopic (exact) mass is 203 g/mol. The number of anilines is 1. The normalized spacial score (nSPS) is 12.3. The van der Waals surface area contributed by atoms with E-state index in [2.05, 4.69) is 45.9 Å². The Balaban J connectivity index is 3.47. The summed E-state index contributed by atoms with van der Waals surface area (Å²) in [6.07, 6.45) is 4.24. The smallest absolute Gasteiger partial charge is 0.0320 e. The van der Waals surface area contributed by atoms with E-state index in [1.165, 1.54) is 16.7 Å². The lowest BCUT2D eigenvalue weighted by molar-refractivity contribution is 0.589. The van der Waals surface area contributed by atoms with Gasteiger partial charge in [0.1, 0.15) is 0 Å². The van der Waals surface area contributed by atoms with E-state index >= 15 is 0 Å². The lowest BCUT2D eigenvalue weighted by Gasteiger charge is -2.23. The van der Waals surface area contributed by atoms with Crippen molar-refractivity contribution >= 4 is 11.8 Å². The van der Waals surface area contributed by atoms with Gasteiger partial charge in [-0.05, 0) is 48.1 Å². The van der Waals surface area contributed by atoms with Gasteiger partial charge in [-0.1, -0.05) is 32.9 Å². The average molecular weight is 203 g/mol. The van der Waals surface area contributed by atoms with Crippen LogP contribution in [-0.4, -0.2) is 0 Å². The molecule has 0 aliphatic heterocycles. The molecular formula is C14H21N. The van der Waals surface area contributed by atoms with Crippen LogP contribution in [-0.2, 0) is 5.41 Å². The van der Waals surface area contributed by atoms with Crippen molar-refractivity contribution in [2.24, 2.45) is 0 Å². The van der Waals surface area contributed by atoms with Crippen LogP contribution in [0.5, 0.6) is 0 Å². The largest absolute Gasteiger partial charge is 0.399 e. The summed E-state index contributed by atoms with van der Waals surface area (Å²) in [5, 5.41) is 0. The molecule has 15 heavy (non-hydrogen) atoms. The Bertz CT molecular complexity index is 381. The number of allylic oxidation sites excluding steroid dienone is 1. The number of aryl methyl sites for hydroxylation is 1. The van der Waals surface area contributed by atoms with Crippen molar-refractivity contribution in [3.63, 3.8) is 0 Å². The molecule has 82 valence electrons. The molecule has 0 saturated heterocycles. The average Bonchev–Trinajstić information content (AvgIpc) is 2.07. The summed E-state index contributed by atoms with van der Waals surface area (Å²) in [7, 11) is 0. The molecule has 0 heterocycles. The molecule has 0 saturated carbocycles. The van der Waals surface area contributed by atoms with Crippen LogP contribution in [0.1, 0.15) is 44.4 Å². The number of benzene rings is 1. The van der Waals surface area contributed by atoms with E-state index in [-0.39, 0.29) is 5.41 Å². The van der Waals surface area contributed by atoms with E-state index < -0.39 is 0 Å². The molecule has 0 bridgehead atoms. The zero-order chi connectivity index (χ0) is 11.6. The molecule has 0 radical (unpaired) electrons. The van der Waals surface area contributed by atoms with E-state index in [4.69, 9.17) is 5.73 Å². The molecular weight excluding hydrogens is 182 g/mol. The van der Waals surface area contributed by atoms with Gasteiger partial charge < -0.3 is 5.73 Å². The van der Waals surface area contributed by atoms with Crippen molar-refractivity contribution in [2.75, 3.05) is 5.73 Å². The van der Waals surface area contributed by atoms with Crippen molar-refractivity contribution in [3.8, 4) is 0 Å². The first-order chi connectivity index (χ1) is 6.86. The molecule has 1 aromatic carbocycles. The first-order valence-electron chi connectivity index (χ1n) is 5.39. The van der Waals surface area contributed by atoms with Crippen LogP contribution in [0, 0.1) is 6.92 Å². The third kappa shape index (κ3) is 2.62. The van der Waals surface area contributed by atoms with Crippen LogP contribution in [0.15, 0.2) is 18.2 Å². The fourth-order valence-corrected chi connectivity index (χ4v) is 1.83. The van der Waals surface area contributed by atoms with Gasteiger partial charge >= 0.3 is 0 Å². The standard InChI is InChI=1S/C14H21N/c1-6-7-12-10(2)8-11(15)9-13(12)14(3,4)5/h6-9H,15H2,1-5H3/b7-6-. The third-order valence-electron chi connectivity index (χ3n) is 2.55. The van der Waals surface area contributed by atoms with Crippen LogP contribution in [0.2, 0.25) is 0 Å². The number of hydrogen-bond donors (Lipinski definition) is 1. The van der Waals surface area contributed by atoms with Crippen LogP contribution in [0.4, 0.5) is 5.69 Å². The molecule has 2 N–H and O–H groups in total. The van der Waals surface area contributed by atoms with Gasteiger partial charge in [0.25, 0.3) is 0 Å². The number of hydrogen-bond acceptors (Lipinski definition) is 1. The Morgan fingerprint density at radius 3 is 2.27 bits per heavy atom. The highest BCUT2D eigenvalue weighted by Gasteiger charge is 2.18. The first kappa shape index (κ1) is 11.8. The lowest BCUT2D eigenvalue weighted by atomic mass is 9.82. The van der Waals surface area contributed by atoms with E-state index in [9.17, 15) is 0 Å². The number of rotatable bonds is 1. The summed E-state index contributed by atoms with van der Waals surface area (Å²) in [5.74, 6) is 0. The van der Waals surface area contributed by atoms with Crippen molar-refractivity contribution in [1.82, 2.24) is 0 Å². The third-order valence-corrected chi connectivity index (χ3v) is 2.55. The molecule has 0 fully saturated rings. The van der Waals surface area contributed by atoms with Crippen molar-refractivity contribution in [1.29, 1.82) is 0 Å². The van der Waals surface area contributed by atoms with Crippen molar-refractivity contribution < 1.29 is 0 Å². The van der Waals surface area contributed by atoms with Crippen LogP contribution < -0.4 is 5.73 Å². The zero-order valence-electron chi connectivity index (χ0n) is 10.4. The summed E-state index contributed by atoms with van der Waals surface area (Å²) in [6, 6.07) is 4.12. The fraction of sp³-hybridized carbons (Fsp3) is 0.429. The molecule has 1 rings (SSSR count). The Morgan fingerprint density at radius 1 is 1.20 bits per heavy atom. The molecule has 0 atom stereocenters. The van der Waals surface area contributed by atoms with Gasteiger partial charge in [-0.25, -0.2) is 0 Å². The van der Waals surface area contributed by atoms with Crippen LogP contribution in [0.25, 0.3) is 6.08 Å². The highest BCUT2D eigenvalue weighted by Crippen LogP contribution is 2.30. The molecule has 0 aromatic heterocycles. The molecule has 0 aliphatic carbocycles. The molecule has 0 spiro atoms. The van der Waals surface area contributed by atoms with Gasteiger partial charge in [0.2, 0.25) is 0 Å². The van der Waals surface area contributed by atoms with E-state index in [0.29, 0.717) is 0 Å². The SMILES string of the molecule is C/C=C\c1c(C)cc(N)cc1C(C)(C)C. The van der Waals surface area contributed by atoms with Crippen LogP contribution >= 0.6 is 0 Å². The zero-order valence-corrected chi connectivity index (χ0v) is 10.4. The maximum Gasteiger partial charge on any atom is 0.0320 e. The topological polar surface area (TPSA) is 26.0 Å². The highest BCUT2D eigenvalue weighted by molar-refractivity contribution is 5.64. The van der Waals surface area contributed by atoms with Crippen LogP contribution in [0.3, 0.4) is 0 Å². The predicted octanol–water partition coefficient (Wildman–Crippen LogP) is 3.91. The second-order valence-corrected chi connectivity index (χ2v) is 5.05. The maximum atomic E-state index is 5.90. The Morgan fingerprint density at radius 2 is 1.80 bits per heavy atom. The second kappa shape index (κ2) is 4.09. The molecule has 1 nitrogen and oxygen atoms in total. The summed E-state index contributed by atoms with van der Waals surface area (Å²) < 4.78 is 0. The number of nitrogen functional groups attached to an aromatic ring is 1. The number of nitrogens with two attached hydrogens (primary N) is 1. The van der Waals surface area contributed by atoms with Gasteiger partial charge in [-0.15, -0.1) is 0 Å². The van der Waals surface area contributed by atoms with Crippen molar-refractivity contribution in [2.45, 2.75) is 40.0 Å². The summed E-state index contributed by atoms with van der Waals surface area (Å²) in [5.41, 5.74) is 10.8. The highest BCUT2D eigenvalue weighted by atomic mass is 14.5. The molecule has 0 aliphatic rings. The van der Waals surface area contributed by atoms with E-state index in [1.54, 1.807) is 0 Å². The first-order valence-corrected chi connectivity index (χ1v) is 5.39. The van der Waals surface area contributed by atoms with Gasteiger partial charge in [-0.3, -0.25) is 0 Å². The molecule has 1 aromatic rings. The van der Waals surface area contributed by atoms with Gasteiger partial charge in [0.05, 0.1) is 0 Å². The second-order valence-electron chi connectivity index (χ2n) is 5.05. The minimum absolute atomic E-state index is 0.134. The summed E-state index contributed by atoms with van der Waals surface area (Å²) in [6.45, 7) is 10.8. The maximum absolute atomic E-state index is 5.90. The Hall–Kier alpha value is -1.24. The summed E-state index contributed by atoms with van der Waals surface area (Å²) >= 11 is 0. The lowest BCUT2D eigenvalue weighted by Crippen LogP contribution is -2.14. The van der Waals surface area contributed by atoms with Gasteiger partial charge in [0.15, 0.2) is 0 Å². The molecule has 0 amide bonds. The van der Waals surface area contributed by atoms with Gasteiger partial charge in [0, 0.05) is 5.69 Å². The fourth-order valence-electron chi connectivity index (χ4n) is 1.83. The van der Waals surface area contributed by atoms with E-state index in [1.807, 2.05) is 13.0 Å². The van der Waals surface area contributed by atoms with E-state index in [0.717, 1.165) is 5.69 Å². The molecule has 0 unspecified atom stereocenters. The van der Waals surface area contributed by atoms with Crippen molar-refractivity contribution in [3.05, 3.63) is 34.9 Å². The summed E-state index contributed by atoms with van der Waals surface area (Å²) in [4.78, 5) is 0. The Kier molecular flexibility index (Phi) is 3.23. The quantitative estimate of drug-likeness (QED) is 0.688. The minimum Gasteiger partial charge on any atom is -0.399 e. The minimum atomic E-state index is 0.134. The Labute approximate surface area is 93.0 Å². The predicted molar refractivity (Wildman–Crippen MR) is 69.0 cm³/mol. The molecule has 1 heteroatoms. The van der Waals surface area contributed by atoms with Gasteiger partial charge in [-0.2, -0.15) is 0 Å².